The highest BCUT2D eigenvalue weighted by Crippen LogP contribution is 2.27. The number of benzene rings is 1. The van der Waals surface area contributed by atoms with E-state index in [4.69, 9.17) is 16.3 Å². The Morgan fingerprint density at radius 1 is 1.40 bits per heavy atom. The molecule has 3 rings (SSSR count). The summed E-state index contributed by atoms with van der Waals surface area (Å²) in [4.78, 5) is 15.9. The van der Waals surface area contributed by atoms with Gasteiger partial charge >= 0.3 is 0 Å². The Hall–Kier alpha value is -2.07. The number of halogens is 1. The van der Waals surface area contributed by atoms with Gasteiger partial charge in [0.25, 0.3) is 5.91 Å². The van der Waals surface area contributed by atoms with Crippen LogP contribution < -0.4 is 10.1 Å². The molecule has 0 radical (unpaired) electrons. The van der Waals surface area contributed by atoms with Crippen LogP contribution in [0.4, 0.5) is 0 Å². The van der Waals surface area contributed by atoms with Crippen molar-refractivity contribution < 1.29 is 9.53 Å². The van der Waals surface area contributed by atoms with E-state index in [0.29, 0.717) is 17.1 Å². The van der Waals surface area contributed by atoms with Gasteiger partial charge in [-0.3, -0.25) is 9.78 Å². The van der Waals surface area contributed by atoms with Crippen LogP contribution in [0.25, 0.3) is 0 Å². The number of hydrogen-bond acceptors (Lipinski definition) is 3. The summed E-state index contributed by atoms with van der Waals surface area (Å²) in [5.74, 6) is 0.661. The number of para-hydroxylation sites is 1. The Bertz CT molecular complexity index is 620. The molecule has 0 fully saturated rings. The first-order valence-corrected chi connectivity index (χ1v) is 6.74. The number of hydrogen-bond donors (Lipinski definition) is 1. The minimum Gasteiger partial charge on any atom is -0.488 e. The second kappa shape index (κ2) is 5.51. The van der Waals surface area contributed by atoms with Crippen LogP contribution in [-0.4, -0.2) is 23.5 Å². The van der Waals surface area contributed by atoms with Crippen LogP contribution in [0.1, 0.15) is 15.9 Å². The summed E-state index contributed by atoms with van der Waals surface area (Å²) >= 11 is 5.96. The zero-order chi connectivity index (χ0) is 13.9. The Morgan fingerprint density at radius 3 is 3.05 bits per heavy atom. The number of ether oxygens (including phenoxy) is 1. The molecule has 1 aliphatic rings. The molecule has 2 heterocycles. The fourth-order valence-electron chi connectivity index (χ4n) is 2.21. The average Bonchev–Trinajstić information content (AvgIpc) is 2.88. The van der Waals surface area contributed by atoms with Gasteiger partial charge < -0.3 is 10.1 Å². The highest BCUT2D eigenvalue weighted by Gasteiger charge is 2.23. The fraction of sp³-hybridized carbons (Fsp3) is 0.200. The lowest BCUT2D eigenvalue weighted by atomic mass is 10.1. The van der Waals surface area contributed by atoms with E-state index < -0.39 is 0 Å². The highest BCUT2D eigenvalue weighted by atomic mass is 35.5. The van der Waals surface area contributed by atoms with E-state index in [0.717, 1.165) is 12.2 Å². The lowest BCUT2D eigenvalue weighted by molar-refractivity contribution is 0.0933. The molecule has 0 bridgehead atoms. The molecular formula is C15H13ClN2O2. The van der Waals surface area contributed by atoms with Crippen molar-refractivity contribution in [2.45, 2.75) is 12.5 Å². The second-order valence-corrected chi connectivity index (χ2v) is 5.02. The number of carbonyl (C=O) groups excluding carboxylic acids is 1. The minimum absolute atomic E-state index is 0.0354. The number of amides is 1. The first-order chi connectivity index (χ1) is 9.74. The van der Waals surface area contributed by atoms with Crippen molar-refractivity contribution in [3.8, 4) is 5.75 Å². The summed E-state index contributed by atoms with van der Waals surface area (Å²) in [5, 5.41) is 3.22. The van der Waals surface area contributed by atoms with Gasteiger partial charge in [0.2, 0.25) is 0 Å². The molecule has 102 valence electrons. The molecule has 1 aromatic heterocycles. The lowest BCUT2D eigenvalue weighted by Gasteiger charge is -2.12. The van der Waals surface area contributed by atoms with Crippen LogP contribution in [0, 0.1) is 0 Å². The molecule has 0 spiro atoms. The Morgan fingerprint density at radius 2 is 2.25 bits per heavy atom. The predicted molar refractivity (Wildman–Crippen MR) is 76.1 cm³/mol. The molecule has 0 saturated heterocycles. The topological polar surface area (TPSA) is 51.2 Å². The van der Waals surface area contributed by atoms with Crippen LogP contribution in [0.3, 0.4) is 0 Å². The Labute approximate surface area is 121 Å². The number of nitrogens with one attached hydrogen (secondary N) is 1. The van der Waals surface area contributed by atoms with Gasteiger partial charge in [0.15, 0.2) is 0 Å². The number of carbonyl (C=O) groups is 1. The summed E-state index contributed by atoms with van der Waals surface area (Å²) in [7, 11) is 0. The van der Waals surface area contributed by atoms with Crippen molar-refractivity contribution in [1.29, 1.82) is 0 Å². The van der Waals surface area contributed by atoms with E-state index >= 15 is 0 Å². The maximum atomic E-state index is 12.0. The number of aromatic nitrogens is 1. The highest BCUT2D eigenvalue weighted by molar-refractivity contribution is 6.33. The molecular weight excluding hydrogens is 276 g/mol. The SMILES string of the molecule is O=C(NCC1Cc2ccccc2O1)c1cnccc1Cl. The predicted octanol–water partition coefficient (Wildman–Crippen LogP) is 2.47. The monoisotopic (exact) mass is 288 g/mol. The molecule has 1 amide bonds. The average molecular weight is 289 g/mol. The zero-order valence-corrected chi connectivity index (χ0v) is 11.4. The molecule has 1 aliphatic heterocycles. The number of pyridine rings is 1. The van der Waals surface area contributed by atoms with Crippen LogP contribution >= 0.6 is 11.6 Å². The van der Waals surface area contributed by atoms with Crippen molar-refractivity contribution in [3.63, 3.8) is 0 Å². The molecule has 1 N–H and O–H groups in total. The van der Waals surface area contributed by atoms with E-state index in [2.05, 4.69) is 10.3 Å². The molecule has 1 aromatic carbocycles. The van der Waals surface area contributed by atoms with Crippen LogP contribution in [0.2, 0.25) is 5.02 Å². The minimum atomic E-state index is -0.234. The van der Waals surface area contributed by atoms with Gasteiger partial charge in [0.05, 0.1) is 17.1 Å². The zero-order valence-electron chi connectivity index (χ0n) is 10.7. The van der Waals surface area contributed by atoms with Crippen LogP contribution in [0.15, 0.2) is 42.7 Å². The van der Waals surface area contributed by atoms with Crippen molar-refractivity contribution in [2.75, 3.05) is 6.54 Å². The second-order valence-electron chi connectivity index (χ2n) is 4.62. The first kappa shape index (κ1) is 12.9. The molecule has 2 aromatic rings. The third-order valence-electron chi connectivity index (χ3n) is 3.22. The van der Waals surface area contributed by atoms with E-state index in [1.54, 1.807) is 12.3 Å². The van der Waals surface area contributed by atoms with Gasteiger partial charge in [-0.25, -0.2) is 0 Å². The summed E-state index contributed by atoms with van der Waals surface area (Å²) in [6, 6.07) is 9.50. The Kier molecular flexibility index (Phi) is 3.56. The van der Waals surface area contributed by atoms with Crippen molar-refractivity contribution in [2.24, 2.45) is 0 Å². The molecule has 0 aliphatic carbocycles. The van der Waals surface area contributed by atoms with Crippen LogP contribution in [0.5, 0.6) is 5.75 Å². The van der Waals surface area contributed by atoms with Gasteiger partial charge in [0, 0.05) is 18.8 Å². The quantitative estimate of drug-likeness (QED) is 0.944. The molecule has 5 heteroatoms. The van der Waals surface area contributed by atoms with E-state index in [1.165, 1.54) is 11.8 Å². The summed E-state index contributed by atoms with van der Waals surface area (Å²) in [6.07, 6.45) is 3.78. The number of fused-ring (bicyclic) bond motifs is 1. The van der Waals surface area contributed by atoms with E-state index in [9.17, 15) is 4.79 Å². The van der Waals surface area contributed by atoms with E-state index in [-0.39, 0.29) is 12.0 Å². The summed E-state index contributed by atoms with van der Waals surface area (Å²) in [5.41, 5.74) is 1.55. The van der Waals surface area contributed by atoms with Crippen molar-refractivity contribution in [3.05, 3.63) is 58.9 Å². The number of rotatable bonds is 3. The molecule has 1 unspecified atom stereocenters. The van der Waals surface area contributed by atoms with Crippen LogP contribution in [-0.2, 0) is 6.42 Å². The van der Waals surface area contributed by atoms with Gasteiger partial charge in [0.1, 0.15) is 11.9 Å². The molecule has 4 nitrogen and oxygen atoms in total. The molecule has 0 saturated carbocycles. The fourth-order valence-corrected chi connectivity index (χ4v) is 2.41. The van der Waals surface area contributed by atoms with Gasteiger partial charge in [-0.1, -0.05) is 29.8 Å². The third kappa shape index (κ3) is 2.60. The van der Waals surface area contributed by atoms with Gasteiger partial charge in [-0.15, -0.1) is 0 Å². The van der Waals surface area contributed by atoms with Gasteiger partial charge in [-0.2, -0.15) is 0 Å². The molecule has 20 heavy (non-hydrogen) atoms. The van der Waals surface area contributed by atoms with Crippen molar-refractivity contribution >= 4 is 17.5 Å². The maximum absolute atomic E-state index is 12.0. The van der Waals surface area contributed by atoms with E-state index in [1.807, 2.05) is 24.3 Å². The third-order valence-corrected chi connectivity index (χ3v) is 3.55. The summed E-state index contributed by atoms with van der Waals surface area (Å²) in [6.45, 7) is 0.443. The number of nitrogens with zero attached hydrogens (tertiary/aromatic N) is 1. The summed E-state index contributed by atoms with van der Waals surface area (Å²) < 4.78 is 5.76. The maximum Gasteiger partial charge on any atom is 0.254 e. The first-order valence-electron chi connectivity index (χ1n) is 6.36. The van der Waals surface area contributed by atoms with Crippen molar-refractivity contribution in [1.82, 2.24) is 10.3 Å². The Balaban J connectivity index is 1.59. The largest absolute Gasteiger partial charge is 0.488 e. The molecule has 1 atom stereocenters. The van der Waals surface area contributed by atoms with Gasteiger partial charge in [-0.05, 0) is 17.7 Å². The lowest BCUT2D eigenvalue weighted by Crippen LogP contribution is -2.34. The standard InChI is InChI=1S/C15H13ClN2O2/c16-13-5-6-17-9-12(13)15(19)18-8-11-7-10-3-1-2-4-14(10)20-11/h1-6,9,11H,7-8H2,(H,18,19). The smallest absolute Gasteiger partial charge is 0.254 e. The normalized spacial score (nSPS) is 16.4.